The molecule has 0 fully saturated rings. The highest BCUT2D eigenvalue weighted by Crippen LogP contribution is 2.14. The van der Waals surface area contributed by atoms with Gasteiger partial charge in [-0.25, -0.2) is 0 Å². The quantitative estimate of drug-likeness (QED) is 0.833. The van der Waals surface area contributed by atoms with E-state index in [9.17, 15) is 0 Å². The van der Waals surface area contributed by atoms with Gasteiger partial charge in [-0.2, -0.15) is 0 Å². The van der Waals surface area contributed by atoms with Crippen LogP contribution in [0.4, 0.5) is 0 Å². The molecule has 1 N–H and O–H groups in total. The van der Waals surface area contributed by atoms with Gasteiger partial charge in [0.05, 0.1) is 0 Å². The maximum absolute atomic E-state index is 6.03. The smallest absolute Gasteiger partial charge is 0.119 e. The number of benzene rings is 2. The Labute approximate surface area is 125 Å². The molecule has 0 aliphatic rings. The first-order valence-electron chi connectivity index (χ1n) is 6.93. The largest absolute Gasteiger partial charge is 0.492 e. The SMILES string of the molecule is CCNC(COc1ccccc1)Cc1cccc(Cl)c1. The van der Waals surface area contributed by atoms with Gasteiger partial charge in [0.1, 0.15) is 12.4 Å². The number of halogens is 1. The van der Waals surface area contributed by atoms with E-state index in [1.165, 1.54) is 5.56 Å². The van der Waals surface area contributed by atoms with Crippen LogP contribution in [0.2, 0.25) is 5.02 Å². The van der Waals surface area contributed by atoms with E-state index in [4.69, 9.17) is 16.3 Å². The van der Waals surface area contributed by atoms with E-state index < -0.39 is 0 Å². The van der Waals surface area contributed by atoms with Crippen LogP contribution in [0, 0.1) is 0 Å². The molecule has 2 nitrogen and oxygen atoms in total. The second kappa shape index (κ2) is 7.93. The third-order valence-corrected chi connectivity index (χ3v) is 3.29. The Morgan fingerprint density at radius 3 is 2.60 bits per heavy atom. The zero-order valence-corrected chi connectivity index (χ0v) is 12.4. The Hall–Kier alpha value is -1.51. The summed E-state index contributed by atoms with van der Waals surface area (Å²) in [5.41, 5.74) is 1.22. The maximum Gasteiger partial charge on any atom is 0.119 e. The van der Waals surface area contributed by atoms with Gasteiger partial charge in [-0.15, -0.1) is 0 Å². The molecule has 0 aliphatic carbocycles. The summed E-state index contributed by atoms with van der Waals surface area (Å²) in [7, 11) is 0. The average Bonchev–Trinajstić information content (AvgIpc) is 2.46. The summed E-state index contributed by atoms with van der Waals surface area (Å²) in [6.07, 6.45) is 0.904. The number of hydrogen-bond donors (Lipinski definition) is 1. The summed E-state index contributed by atoms with van der Waals surface area (Å²) in [4.78, 5) is 0. The normalized spacial score (nSPS) is 12.1. The van der Waals surface area contributed by atoms with Crippen molar-refractivity contribution in [2.75, 3.05) is 13.2 Å². The molecule has 0 bridgehead atoms. The molecule has 0 saturated heterocycles. The topological polar surface area (TPSA) is 21.3 Å². The molecule has 106 valence electrons. The second-order valence-corrected chi connectivity index (χ2v) is 5.15. The summed E-state index contributed by atoms with van der Waals surface area (Å²) in [5.74, 6) is 0.904. The zero-order valence-electron chi connectivity index (χ0n) is 11.7. The van der Waals surface area contributed by atoms with E-state index in [2.05, 4.69) is 18.3 Å². The lowest BCUT2D eigenvalue weighted by atomic mass is 10.1. The number of likely N-dealkylation sites (N-methyl/N-ethyl adjacent to an activating group) is 1. The Bertz CT molecular complexity index is 515. The first-order chi connectivity index (χ1) is 9.78. The minimum Gasteiger partial charge on any atom is -0.492 e. The molecule has 2 aromatic rings. The molecule has 0 amide bonds. The number of hydrogen-bond acceptors (Lipinski definition) is 2. The van der Waals surface area contributed by atoms with Gasteiger partial charge in [0.25, 0.3) is 0 Å². The van der Waals surface area contributed by atoms with Crippen molar-refractivity contribution in [1.82, 2.24) is 5.32 Å². The Kier molecular flexibility index (Phi) is 5.90. The maximum atomic E-state index is 6.03. The number of rotatable bonds is 7. The van der Waals surface area contributed by atoms with Crippen LogP contribution in [0.3, 0.4) is 0 Å². The number of ether oxygens (including phenoxy) is 1. The van der Waals surface area contributed by atoms with E-state index in [0.29, 0.717) is 6.61 Å². The van der Waals surface area contributed by atoms with Crippen LogP contribution in [-0.2, 0) is 6.42 Å². The molecule has 2 rings (SSSR count). The van der Waals surface area contributed by atoms with Crippen molar-refractivity contribution in [3.63, 3.8) is 0 Å². The summed E-state index contributed by atoms with van der Waals surface area (Å²) in [5, 5.41) is 4.23. The van der Waals surface area contributed by atoms with E-state index in [1.54, 1.807) is 0 Å². The third kappa shape index (κ3) is 4.87. The first-order valence-corrected chi connectivity index (χ1v) is 7.31. The highest BCUT2D eigenvalue weighted by Gasteiger charge is 2.09. The van der Waals surface area contributed by atoms with Gasteiger partial charge in [-0.3, -0.25) is 0 Å². The molecule has 0 aliphatic heterocycles. The average molecular weight is 290 g/mol. The minimum absolute atomic E-state index is 0.277. The van der Waals surface area contributed by atoms with Gasteiger partial charge in [-0.05, 0) is 42.8 Å². The molecule has 1 unspecified atom stereocenters. The number of nitrogens with one attached hydrogen (secondary N) is 1. The fourth-order valence-corrected chi connectivity index (χ4v) is 2.35. The van der Waals surface area contributed by atoms with Gasteiger partial charge < -0.3 is 10.1 Å². The Balaban J connectivity index is 1.93. The van der Waals surface area contributed by atoms with Gasteiger partial charge in [0.2, 0.25) is 0 Å². The molecule has 0 heterocycles. The van der Waals surface area contributed by atoms with Crippen LogP contribution in [-0.4, -0.2) is 19.2 Å². The fourth-order valence-electron chi connectivity index (χ4n) is 2.14. The van der Waals surface area contributed by atoms with Crippen LogP contribution < -0.4 is 10.1 Å². The fraction of sp³-hybridized carbons (Fsp3) is 0.294. The lowest BCUT2D eigenvalue weighted by Crippen LogP contribution is -2.36. The van der Waals surface area contributed by atoms with Gasteiger partial charge in [-0.1, -0.05) is 48.9 Å². The van der Waals surface area contributed by atoms with E-state index in [0.717, 1.165) is 23.7 Å². The van der Waals surface area contributed by atoms with Crippen molar-refractivity contribution in [3.05, 3.63) is 65.2 Å². The molecular weight excluding hydrogens is 270 g/mol. The van der Waals surface area contributed by atoms with Gasteiger partial charge in [0, 0.05) is 11.1 Å². The Morgan fingerprint density at radius 2 is 1.90 bits per heavy atom. The molecule has 20 heavy (non-hydrogen) atoms. The summed E-state index contributed by atoms with van der Waals surface area (Å²) < 4.78 is 5.83. The van der Waals surface area contributed by atoms with Crippen LogP contribution in [0.25, 0.3) is 0 Å². The molecule has 0 spiro atoms. The molecule has 3 heteroatoms. The number of para-hydroxylation sites is 1. The Morgan fingerprint density at radius 1 is 1.10 bits per heavy atom. The van der Waals surface area contributed by atoms with Crippen LogP contribution in [0.1, 0.15) is 12.5 Å². The standard InChI is InChI=1S/C17H20ClNO/c1-2-19-16(12-14-7-6-8-15(18)11-14)13-20-17-9-4-3-5-10-17/h3-11,16,19H,2,12-13H2,1H3. The van der Waals surface area contributed by atoms with Crippen molar-refractivity contribution in [2.24, 2.45) is 0 Å². The lowest BCUT2D eigenvalue weighted by molar-refractivity contribution is 0.265. The molecular formula is C17H20ClNO. The van der Waals surface area contributed by atoms with Crippen molar-refractivity contribution >= 4 is 11.6 Å². The minimum atomic E-state index is 0.277. The molecule has 0 aromatic heterocycles. The van der Waals surface area contributed by atoms with Crippen molar-refractivity contribution in [2.45, 2.75) is 19.4 Å². The highest BCUT2D eigenvalue weighted by atomic mass is 35.5. The third-order valence-electron chi connectivity index (χ3n) is 3.06. The molecule has 0 radical (unpaired) electrons. The van der Waals surface area contributed by atoms with Gasteiger partial charge in [0.15, 0.2) is 0 Å². The van der Waals surface area contributed by atoms with Crippen LogP contribution in [0.5, 0.6) is 5.75 Å². The summed E-state index contributed by atoms with van der Waals surface area (Å²) >= 11 is 6.03. The highest BCUT2D eigenvalue weighted by molar-refractivity contribution is 6.30. The van der Waals surface area contributed by atoms with Crippen LogP contribution >= 0.6 is 11.6 Å². The first kappa shape index (κ1) is 14.9. The predicted octanol–water partition coefficient (Wildman–Crippen LogP) is 3.94. The molecule has 2 aromatic carbocycles. The lowest BCUT2D eigenvalue weighted by Gasteiger charge is -2.19. The second-order valence-electron chi connectivity index (χ2n) is 4.71. The predicted molar refractivity (Wildman–Crippen MR) is 84.6 cm³/mol. The summed E-state index contributed by atoms with van der Waals surface area (Å²) in [6.45, 7) is 3.67. The van der Waals surface area contributed by atoms with Crippen molar-refractivity contribution in [3.8, 4) is 5.75 Å². The van der Waals surface area contributed by atoms with Crippen molar-refractivity contribution < 1.29 is 4.74 Å². The van der Waals surface area contributed by atoms with E-state index in [-0.39, 0.29) is 6.04 Å². The van der Waals surface area contributed by atoms with E-state index in [1.807, 2.05) is 48.5 Å². The van der Waals surface area contributed by atoms with Gasteiger partial charge >= 0.3 is 0 Å². The van der Waals surface area contributed by atoms with Crippen molar-refractivity contribution in [1.29, 1.82) is 0 Å². The van der Waals surface area contributed by atoms with E-state index >= 15 is 0 Å². The molecule has 0 saturated carbocycles. The monoisotopic (exact) mass is 289 g/mol. The van der Waals surface area contributed by atoms with Crippen LogP contribution in [0.15, 0.2) is 54.6 Å². The zero-order chi connectivity index (χ0) is 14.2. The molecule has 1 atom stereocenters. The summed E-state index contributed by atoms with van der Waals surface area (Å²) in [6, 6.07) is 18.2.